The third-order valence-corrected chi connectivity index (χ3v) is 5.35. The fraction of sp³-hybridized carbons (Fsp3) is 0.227. The van der Waals surface area contributed by atoms with Crippen LogP contribution >= 0.6 is 0 Å². The van der Waals surface area contributed by atoms with Crippen molar-refractivity contribution in [3.05, 3.63) is 75.5 Å². The van der Waals surface area contributed by atoms with E-state index in [0.29, 0.717) is 28.8 Å². The Morgan fingerprint density at radius 2 is 1.97 bits per heavy atom. The summed E-state index contributed by atoms with van der Waals surface area (Å²) in [5, 5.41) is 11.3. The summed E-state index contributed by atoms with van der Waals surface area (Å²) in [7, 11) is 0. The topological polar surface area (TPSA) is 119 Å². The summed E-state index contributed by atoms with van der Waals surface area (Å²) in [6, 6.07) is 12.8. The van der Waals surface area contributed by atoms with Gasteiger partial charge in [-0.3, -0.25) is 14.6 Å². The molecule has 0 spiro atoms. The molecule has 0 unspecified atom stereocenters. The molecule has 3 heterocycles. The Balaban J connectivity index is 1.47. The highest BCUT2D eigenvalue weighted by atomic mass is 16.5. The van der Waals surface area contributed by atoms with E-state index >= 15 is 0 Å². The number of amides is 1. The third-order valence-electron chi connectivity index (χ3n) is 5.35. The minimum absolute atomic E-state index is 0.140. The molecule has 9 heteroatoms. The molecule has 1 amide bonds. The standard InChI is InChI=1S/C22H20N6O3/c1-12-13(2)23-22(25-20(12)29)28-19(11-16(26-28)14-8-9-14)24-21(30)17-10-18(31-27-17)15-6-4-3-5-7-15/h3-7,10-11,14H,8-9H2,1-2H3,(H,24,30)(H,23,25,29). The molecule has 1 saturated carbocycles. The van der Waals surface area contributed by atoms with Gasteiger partial charge >= 0.3 is 0 Å². The molecule has 3 aromatic heterocycles. The first-order chi connectivity index (χ1) is 15.0. The number of H-pyrrole nitrogens is 1. The average Bonchev–Trinajstić information content (AvgIpc) is 3.34. The van der Waals surface area contributed by atoms with E-state index in [1.54, 1.807) is 19.9 Å². The Morgan fingerprint density at radius 1 is 1.19 bits per heavy atom. The van der Waals surface area contributed by atoms with E-state index in [0.717, 1.165) is 24.1 Å². The number of rotatable bonds is 5. The van der Waals surface area contributed by atoms with Gasteiger partial charge in [0.1, 0.15) is 5.82 Å². The number of carbonyl (C=O) groups excluding carboxylic acids is 1. The number of nitrogens with zero attached hydrogens (tertiary/aromatic N) is 4. The molecule has 9 nitrogen and oxygen atoms in total. The number of nitrogens with one attached hydrogen (secondary N) is 2. The molecular formula is C22H20N6O3. The van der Waals surface area contributed by atoms with Crippen molar-refractivity contribution < 1.29 is 9.32 Å². The maximum absolute atomic E-state index is 12.9. The van der Waals surface area contributed by atoms with E-state index in [2.05, 4.69) is 25.5 Å². The van der Waals surface area contributed by atoms with Crippen LogP contribution in [0.15, 0.2) is 51.8 Å². The summed E-state index contributed by atoms with van der Waals surface area (Å²) in [6.07, 6.45) is 2.09. The predicted molar refractivity (Wildman–Crippen MR) is 113 cm³/mol. The number of aryl methyl sites for hydroxylation is 1. The molecule has 5 rings (SSSR count). The van der Waals surface area contributed by atoms with Crippen molar-refractivity contribution in [3.8, 4) is 17.3 Å². The van der Waals surface area contributed by atoms with Gasteiger partial charge in [0.25, 0.3) is 11.5 Å². The zero-order valence-electron chi connectivity index (χ0n) is 17.0. The summed E-state index contributed by atoms with van der Waals surface area (Å²) in [4.78, 5) is 32.3. The van der Waals surface area contributed by atoms with Gasteiger partial charge in [-0.15, -0.1) is 0 Å². The first-order valence-electron chi connectivity index (χ1n) is 10.0. The summed E-state index contributed by atoms with van der Waals surface area (Å²) >= 11 is 0. The molecule has 0 atom stereocenters. The largest absolute Gasteiger partial charge is 0.355 e. The summed E-state index contributed by atoms with van der Waals surface area (Å²) in [5.74, 6) is 1.06. The molecule has 0 aliphatic heterocycles. The van der Waals surface area contributed by atoms with Crippen LogP contribution in [0.2, 0.25) is 0 Å². The fourth-order valence-corrected chi connectivity index (χ4v) is 3.26. The van der Waals surface area contributed by atoms with Gasteiger partial charge in [0.15, 0.2) is 11.5 Å². The van der Waals surface area contributed by atoms with Crippen LogP contribution in [0.5, 0.6) is 0 Å². The monoisotopic (exact) mass is 416 g/mol. The fourth-order valence-electron chi connectivity index (χ4n) is 3.26. The van der Waals surface area contributed by atoms with Crippen molar-refractivity contribution in [3.63, 3.8) is 0 Å². The summed E-state index contributed by atoms with van der Waals surface area (Å²) < 4.78 is 6.79. The Hall–Kier alpha value is -4.01. The smallest absolute Gasteiger partial charge is 0.279 e. The third kappa shape index (κ3) is 3.65. The van der Waals surface area contributed by atoms with E-state index in [-0.39, 0.29) is 17.2 Å². The zero-order chi connectivity index (χ0) is 21.5. The molecule has 0 saturated heterocycles. The lowest BCUT2D eigenvalue weighted by Gasteiger charge is -2.08. The van der Waals surface area contributed by atoms with E-state index in [9.17, 15) is 9.59 Å². The number of benzene rings is 1. The highest BCUT2D eigenvalue weighted by molar-refractivity contribution is 6.03. The SMILES string of the molecule is Cc1nc(-n2nc(C3CC3)cc2NC(=O)c2cc(-c3ccccc3)on2)[nH]c(=O)c1C. The van der Waals surface area contributed by atoms with Crippen LogP contribution in [-0.2, 0) is 0 Å². The Bertz CT molecular complexity index is 1330. The number of aromatic amines is 1. The Kier molecular flexibility index (Phi) is 4.50. The second-order valence-electron chi connectivity index (χ2n) is 7.64. The first-order valence-corrected chi connectivity index (χ1v) is 10.0. The van der Waals surface area contributed by atoms with E-state index in [1.165, 1.54) is 4.68 Å². The molecular weight excluding hydrogens is 396 g/mol. The number of hydrogen-bond donors (Lipinski definition) is 2. The zero-order valence-corrected chi connectivity index (χ0v) is 17.0. The summed E-state index contributed by atoms with van der Waals surface area (Å²) in [5.41, 5.74) is 2.71. The number of hydrogen-bond acceptors (Lipinski definition) is 6. The second-order valence-corrected chi connectivity index (χ2v) is 7.64. The second kappa shape index (κ2) is 7.35. The van der Waals surface area contributed by atoms with Gasteiger partial charge in [-0.1, -0.05) is 35.5 Å². The Labute approximate surface area is 177 Å². The predicted octanol–water partition coefficient (Wildman–Crippen LogP) is 3.36. The lowest BCUT2D eigenvalue weighted by Crippen LogP contribution is -2.21. The maximum atomic E-state index is 12.9. The van der Waals surface area contributed by atoms with E-state index in [1.807, 2.05) is 36.4 Å². The van der Waals surface area contributed by atoms with Crippen LogP contribution in [0.3, 0.4) is 0 Å². The molecule has 2 N–H and O–H groups in total. The van der Waals surface area contributed by atoms with Gasteiger partial charge in [-0.2, -0.15) is 9.78 Å². The van der Waals surface area contributed by atoms with Gasteiger partial charge < -0.3 is 9.84 Å². The first kappa shape index (κ1) is 19.0. The van der Waals surface area contributed by atoms with Crippen molar-refractivity contribution in [1.82, 2.24) is 24.9 Å². The minimum Gasteiger partial charge on any atom is -0.355 e. The lowest BCUT2D eigenvalue weighted by atomic mass is 10.1. The van der Waals surface area contributed by atoms with Crippen LogP contribution in [0.25, 0.3) is 17.3 Å². The molecule has 4 aromatic rings. The van der Waals surface area contributed by atoms with Gasteiger partial charge in [-0.25, -0.2) is 4.98 Å². The number of aromatic nitrogens is 5. The lowest BCUT2D eigenvalue weighted by molar-refractivity contribution is 0.101. The van der Waals surface area contributed by atoms with Gasteiger partial charge in [0, 0.05) is 34.9 Å². The molecule has 1 aromatic carbocycles. The van der Waals surface area contributed by atoms with Crippen LogP contribution < -0.4 is 10.9 Å². The van der Waals surface area contributed by atoms with E-state index in [4.69, 9.17) is 4.52 Å². The van der Waals surface area contributed by atoms with Crippen LogP contribution in [-0.4, -0.2) is 30.8 Å². The highest BCUT2D eigenvalue weighted by Crippen LogP contribution is 2.40. The summed E-state index contributed by atoms with van der Waals surface area (Å²) in [6.45, 7) is 3.47. The van der Waals surface area contributed by atoms with E-state index < -0.39 is 5.91 Å². The molecule has 0 bridgehead atoms. The number of anilines is 1. The quantitative estimate of drug-likeness (QED) is 0.515. The van der Waals surface area contributed by atoms with Crippen molar-refractivity contribution in [2.75, 3.05) is 5.32 Å². The van der Waals surface area contributed by atoms with Crippen LogP contribution in [0.4, 0.5) is 5.82 Å². The highest BCUT2D eigenvalue weighted by Gasteiger charge is 2.29. The van der Waals surface area contributed by atoms with Gasteiger partial charge in [-0.05, 0) is 26.7 Å². The Morgan fingerprint density at radius 3 is 2.68 bits per heavy atom. The minimum atomic E-state index is -0.444. The molecule has 1 aliphatic rings. The normalized spacial score (nSPS) is 13.4. The molecule has 0 radical (unpaired) electrons. The van der Waals surface area contributed by atoms with Crippen LogP contribution in [0.1, 0.15) is 46.2 Å². The van der Waals surface area contributed by atoms with Gasteiger partial charge in [0.2, 0.25) is 5.95 Å². The van der Waals surface area contributed by atoms with Gasteiger partial charge in [0.05, 0.1) is 5.69 Å². The van der Waals surface area contributed by atoms with Crippen molar-refractivity contribution in [1.29, 1.82) is 0 Å². The van der Waals surface area contributed by atoms with Crippen molar-refractivity contribution in [2.45, 2.75) is 32.6 Å². The molecule has 156 valence electrons. The van der Waals surface area contributed by atoms with Crippen LogP contribution in [0, 0.1) is 13.8 Å². The number of carbonyl (C=O) groups is 1. The van der Waals surface area contributed by atoms with Crippen molar-refractivity contribution in [2.24, 2.45) is 0 Å². The molecule has 1 fully saturated rings. The average molecular weight is 416 g/mol. The van der Waals surface area contributed by atoms with Crippen molar-refractivity contribution >= 4 is 11.7 Å². The molecule has 1 aliphatic carbocycles. The maximum Gasteiger partial charge on any atom is 0.279 e. The molecule has 31 heavy (non-hydrogen) atoms.